The lowest BCUT2D eigenvalue weighted by Gasteiger charge is -2.34. The fourth-order valence-corrected chi connectivity index (χ4v) is 6.28. The van der Waals surface area contributed by atoms with Gasteiger partial charge in [0, 0.05) is 43.5 Å². The lowest BCUT2D eigenvalue weighted by Crippen LogP contribution is -2.42. The molecule has 0 bridgehead atoms. The molecule has 1 aromatic carbocycles. The second-order valence-electron chi connectivity index (χ2n) is 10.9. The Hall–Kier alpha value is -3.28. The fraction of sp³-hybridized carbons (Fsp3) is 0.542. The fourth-order valence-electron chi connectivity index (χ4n) is 4.90. The summed E-state index contributed by atoms with van der Waals surface area (Å²) in [5.41, 5.74) is 1.83. The number of carbonyl (C=O) groups is 1. The zero-order valence-electron chi connectivity index (χ0n) is 20.7. The van der Waals surface area contributed by atoms with E-state index >= 15 is 0 Å². The number of piperidine rings is 1. The molecule has 192 valence electrons. The SMILES string of the molecule is CC(C)(C)S(=O)(=O)N1CCc2cnc(NC(=O)c3ccc([N+](=O)[O-])cc3N3CCC4(CC3)CC4)nc21. The van der Waals surface area contributed by atoms with E-state index in [1.807, 2.05) is 4.90 Å². The minimum atomic E-state index is -3.67. The number of carbonyl (C=O) groups excluding carboxylic acids is 1. The quantitative estimate of drug-likeness (QED) is 0.472. The second kappa shape index (κ2) is 8.39. The zero-order chi connectivity index (χ0) is 25.9. The molecule has 1 N–H and O–H groups in total. The summed E-state index contributed by atoms with van der Waals surface area (Å²) >= 11 is 0. The zero-order valence-corrected chi connectivity index (χ0v) is 21.5. The number of sulfonamides is 1. The third-order valence-corrected chi connectivity index (χ3v) is 9.99. The highest BCUT2D eigenvalue weighted by Gasteiger charge is 2.45. The molecular formula is C24H30N6O5S. The third-order valence-electron chi connectivity index (χ3n) is 7.51. The van der Waals surface area contributed by atoms with E-state index in [0.717, 1.165) is 25.9 Å². The van der Waals surface area contributed by atoms with Crippen LogP contribution in [-0.2, 0) is 16.4 Å². The highest BCUT2D eigenvalue weighted by molar-refractivity contribution is 7.94. The molecule has 1 saturated heterocycles. The Morgan fingerprint density at radius 1 is 1.14 bits per heavy atom. The molecule has 1 spiro atoms. The normalized spacial score (nSPS) is 18.8. The molecule has 1 amide bonds. The van der Waals surface area contributed by atoms with E-state index < -0.39 is 25.6 Å². The molecule has 2 aliphatic heterocycles. The van der Waals surface area contributed by atoms with E-state index in [2.05, 4.69) is 15.3 Å². The number of hydrogen-bond donors (Lipinski definition) is 1. The highest BCUT2D eigenvalue weighted by Crippen LogP contribution is 2.54. The van der Waals surface area contributed by atoms with Gasteiger partial charge in [-0.15, -0.1) is 0 Å². The second-order valence-corrected chi connectivity index (χ2v) is 13.5. The van der Waals surface area contributed by atoms with Gasteiger partial charge in [-0.1, -0.05) is 0 Å². The summed E-state index contributed by atoms with van der Waals surface area (Å²) in [6.07, 6.45) is 6.47. The van der Waals surface area contributed by atoms with Crippen LogP contribution in [0.5, 0.6) is 0 Å². The van der Waals surface area contributed by atoms with Crippen LogP contribution in [-0.4, -0.2) is 53.6 Å². The molecule has 2 fully saturated rings. The number of fused-ring (bicyclic) bond motifs is 1. The van der Waals surface area contributed by atoms with Crippen molar-refractivity contribution in [2.24, 2.45) is 5.41 Å². The molecule has 0 atom stereocenters. The predicted octanol–water partition coefficient (Wildman–Crippen LogP) is 3.51. The van der Waals surface area contributed by atoms with Crippen LogP contribution in [0, 0.1) is 15.5 Å². The highest BCUT2D eigenvalue weighted by atomic mass is 32.2. The van der Waals surface area contributed by atoms with Gasteiger partial charge in [-0.3, -0.25) is 24.5 Å². The van der Waals surface area contributed by atoms with E-state index in [4.69, 9.17) is 0 Å². The van der Waals surface area contributed by atoms with Crippen molar-refractivity contribution in [1.29, 1.82) is 0 Å². The summed E-state index contributed by atoms with van der Waals surface area (Å²) in [6, 6.07) is 4.21. The van der Waals surface area contributed by atoms with Crippen molar-refractivity contribution in [3.63, 3.8) is 0 Å². The minimum Gasteiger partial charge on any atom is -0.371 e. The predicted molar refractivity (Wildman–Crippen MR) is 136 cm³/mol. The maximum Gasteiger partial charge on any atom is 0.271 e. The largest absolute Gasteiger partial charge is 0.371 e. The summed E-state index contributed by atoms with van der Waals surface area (Å²) in [5.74, 6) is -0.255. The molecule has 3 aliphatic rings. The van der Waals surface area contributed by atoms with Crippen molar-refractivity contribution in [1.82, 2.24) is 9.97 Å². The number of aromatic nitrogens is 2. The van der Waals surface area contributed by atoms with Gasteiger partial charge in [-0.2, -0.15) is 4.98 Å². The molecule has 5 rings (SSSR count). The van der Waals surface area contributed by atoms with Crippen LogP contribution in [0.2, 0.25) is 0 Å². The first-order valence-electron chi connectivity index (χ1n) is 12.1. The average Bonchev–Trinajstić information content (AvgIpc) is 3.43. The first-order valence-corrected chi connectivity index (χ1v) is 13.6. The number of rotatable bonds is 5. The van der Waals surface area contributed by atoms with Crippen molar-refractivity contribution in [2.75, 3.05) is 34.2 Å². The van der Waals surface area contributed by atoms with Crippen LogP contribution in [0.4, 0.5) is 23.1 Å². The first kappa shape index (κ1) is 24.4. The Morgan fingerprint density at radius 3 is 2.44 bits per heavy atom. The van der Waals surface area contributed by atoms with Crippen molar-refractivity contribution < 1.29 is 18.1 Å². The first-order chi connectivity index (χ1) is 16.9. The van der Waals surface area contributed by atoms with Gasteiger partial charge in [0.2, 0.25) is 16.0 Å². The van der Waals surface area contributed by atoms with Gasteiger partial charge in [-0.25, -0.2) is 13.4 Å². The van der Waals surface area contributed by atoms with Crippen molar-refractivity contribution >= 4 is 39.1 Å². The molecule has 36 heavy (non-hydrogen) atoms. The van der Waals surface area contributed by atoms with Gasteiger partial charge in [0.1, 0.15) is 0 Å². The lowest BCUT2D eigenvalue weighted by molar-refractivity contribution is -0.384. The van der Waals surface area contributed by atoms with E-state index in [-0.39, 0.29) is 29.6 Å². The van der Waals surface area contributed by atoms with E-state index in [9.17, 15) is 23.3 Å². The standard InChI is InChI=1S/C24H30N6O5S/c1-23(2,3)36(34,35)29-11-6-16-15-25-22(26-20(16)29)27-21(31)18-5-4-17(30(32)33)14-19(18)28-12-9-24(7-8-24)10-13-28/h4-5,14-15H,6-13H2,1-3H3,(H,25,26,27,31). The van der Waals surface area contributed by atoms with Crippen LogP contribution in [0.15, 0.2) is 24.4 Å². The molecule has 1 saturated carbocycles. The topological polar surface area (TPSA) is 139 Å². The van der Waals surface area contributed by atoms with Crippen LogP contribution in [0.1, 0.15) is 62.4 Å². The summed E-state index contributed by atoms with van der Waals surface area (Å²) in [4.78, 5) is 34.9. The number of nitro groups is 1. The minimum absolute atomic E-state index is 0.0189. The van der Waals surface area contributed by atoms with Gasteiger partial charge in [0.15, 0.2) is 5.82 Å². The van der Waals surface area contributed by atoms with Crippen LogP contribution >= 0.6 is 0 Å². The van der Waals surface area contributed by atoms with Gasteiger partial charge in [0.05, 0.1) is 20.9 Å². The van der Waals surface area contributed by atoms with Crippen LogP contribution in [0.25, 0.3) is 0 Å². The molecule has 12 heteroatoms. The Bertz CT molecular complexity index is 1340. The molecule has 3 heterocycles. The Labute approximate surface area is 210 Å². The maximum atomic E-state index is 13.3. The molecule has 1 aromatic heterocycles. The number of benzene rings is 1. The van der Waals surface area contributed by atoms with Gasteiger partial charge >= 0.3 is 0 Å². The van der Waals surface area contributed by atoms with Crippen molar-refractivity contribution in [3.8, 4) is 0 Å². The van der Waals surface area contributed by atoms with Gasteiger partial charge in [-0.05, 0) is 64.4 Å². The summed E-state index contributed by atoms with van der Waals surface area (Å²) in [6.45, 7) is 6.63. The maximum absolute atomic E-state index is 13.3. The van der Waals surface area contributed by atoms with Gasteiger partial charge in [0.25, 0.3) is 11.6 Å². The van der Waals surface area contributed by atoms with E-state index in [1.165, 1.54) is 41.5 Å². The number of hydrogen-bond acceptors (Lipinski definition) is 8. The molecular weight excluding hydrogens is 484 g/mol. The number of nitrogens with one attached hydrogen (secondary N) is 1. The van der Waals surface area contributed by atoms with Gasteiger partial charge < -0.3 is 4.90 Å². The molecule has 1 aliphatic carbocycles. The van der Waals surface area contributed by atoms with Crippen molar-refractivity contribution in [3.05, 3.63) is 45.6 Å². The number of non-ortho nitro benzene ring substituents is 1. The van der Waals surface area contributed by atoms with Crippen molar-refractivity contribution in [2.45, 2.75) is 57.6 Å². The molecule has 11 nitrogen and oxygen atoms in total. The number of nitro benzene ring substituents is 1. The summed E-state index contributed by atoms with van der Waals surface area (Å²) in [7, 11) is -3.67. The van der Waals surface area contributed by atoms with Crippen LogP contribution < -0.4 is 14.5 Å². The molecule has 2 aromatic rings. The molecule has 0 unspecified atom stereocenters. The Morgan fingerprint density at radius 2 is 1.83 bits per heavy atom. The Kier molecular flexibility index (Phi) is 5.69. The number of amides is 1. The monoisotopic (exact) mass is 514 g/mol. The summed E-state index contributed by atoms with van der Waals surface area (Å²) in [5, 5.41) is 14.1. The van der Waals surface area contributed by atoms with E-state index in [0.29, 0.717) is 23.1 Å². The lowest BCUT2D eigenvalue weighted by atomic mass is 9.93. The summed E-state index contributed by atoms with van der Waals surface area (Å²) < 4.78 is 26.4. The average molecular weight is 515 g/mol. The smallest absolute Gasteiger partial charge is 0.271 e. The Balaban J connectivity index is 1.42. The number of anilines is 3. The van der Waals surface area contributed by atoms with E-state index in [1.54, 1.807) is 20.8 Å². The molecule has 0 radical (unpaired) electrons. The third kappa shape index (κ3) is 4.27. The number of nitrogens with zero attached hydrogens (tertiary/aromatic N) is 5. The van der Waals surface area contributed by atoms with Crippen LogP contribution in [0.3, 0.4) is 0 Å².